The second kappa shape index (κ2) is 48.5. The quantitative estimate of drug-likeness (QED) is 0.0114. The van der Waals surface area contributed by atoms with E-state index in [9.17, 15) is 24.9 Å². The highest BCUT2D eigenvalue weighted by molar-refractivity contribution is 5.84. The molecule has 0 fully saturated rings. The van der Waals surface area contributed by atoms with Crippen LogP contribution in [0.25, 0.3) is 0 Å². The van der Waals surface area contributed by atoms with Gasteiger partial charge in [0.05, 0.1) is 25.2 Å². The van der Waals surface area contributed by atoms with Gasteiger partial charge in [0.2, 0.25) is 5.91 Å². The van der Waals surface area contributed by atoms with E-state index in [4.69, 9.17) is 4.74 Å². The van der Waals surface area contributed by atoms with E-state index in [1.165, 1.54) is 116 Å². The zero-order valence-corrected chi connectivity index (χ0v) is 45.4. The van der Waals surface area contributed by atoms with E-state index in [1.807, 2.05) is 0 Å². The molecule has 0 bridgehead atoms. The van der Waals surface area contributed by atoms with E-state index in [2.05, 4.69) is 71.9 Å². The van der Waals surface area contributed by atoms with Crippen molar-refractivity contribution in [3.63, 3.8) is 0 Å². The van der Waals surface area contributed by atoms with Gasteiger partial charge in [0.15, 0.2) is 0 Å². The second-order valence-electron chi connectivity index (χ2n) is 20.3. The molecule has 0 aliphatic carbocycles. The molecule has 0 rings (SSSR count). The lowest BCUT2D eigenvalue weighted by Gasteiger charge is -2.28. The summed E-state index contributed by atoms with van der Waals surface area (Å²) in [7, 11) is 1.67. The van der Waals surface area contributed by atoms with E-state index < -0.39 is 24.3 Å². The number of allylic oxidation sites excluding steroid dienone is 1. The summed E-state index contributed by atoms with van der Waals surface area (Å²) in [4.78, 5) is 35.3. The van der Waals surface area contributed by atoms with Crippen LogP contribution in [0, 0.1) is 5.92 Å². The molecule has 0 aromatic rings. The Balaban J connectivity index is 5.22. The molecule has 0 spiro atoms. The summed E-state index contributed by atoms with van der Waals surface area (Å²) in [6, 6.07) is -0.786. The molecule has 0 heterocycles. The lowest BCUT2D eigenvalue weighted by atomic mass is 10.0. The van der Waals surface area contributed by atoms with E-state index >= 15 is 0 Å². The first-order valence-electron chi connectivity index (χ1n) is 28.5. The van der Waals surface area contributed by atoms with Gasteiger partial charge in [-0.15, -0.1) is 0 Å². The Morgan fingerprint density at radius 1 is 0.588 bits per heavy atom. The van der Waals surface area contributed by atoms with Gasteiger partial charge < -0.3 is 35.6 Å². The summed E-state index contributed by atoms with van der Waals surface area (Å²) in [5.41, 5.74) is 0.703. The van der Waals surface area contributed by atoms with Crippen LogP contribution in [0.15, 0.2) is 17.3 Å². The number of hydrogen-bond acceptors (Lipinski definition) is 10. The minimum Gasteiger partial charge on any atom is -0.464 e. The Labute approximate surface area is 419 Å². The van der Waals surface area contributed by atoms with Crippen molar-refractivity contribution in [1.82, 2.24) is 25.8 Å². The van der Waals surface area contributed by atoms with Crippen LogP contribution in [0.4, 0.5) is 0 Å². The molecular weight excluding hydrogens is 853 g/mol. The highest BCUT2D eigenvalue weighted by Crippen LogP contribution is 2.17. The van der Waals surface area contributed by atoms with Crippen molar-refractivity contribution in [2.24, 2.45) is 10.9 Å². The third kappa shape index (κ3) is 42.8. The second-order valence-corrected chi connectivity index (χ2v) is 20.3. The number of nitrogens with one attached hydrogen (secondary N) is 3. The molecule has 0 aromatic carbocycles. The average Bonchev–Trinajstić information content (AvgIpc) is 3.31. The number of nitrogens with zero attached hydrogens (tertiary/aromatic N) is 3. The first-order chi connectivity index (χ1) is 33.0. The number of carbonyl (C=O) groups excluding carboxylic acids is 2. The Hall–Kier alpha value is -2.09. The fourth-order valence-electron chi connectivity index (χ4n) is 8.96. The zero-order chi connectivity index (χ0) is 50.3. The van der Waals surface area contributed by atoms with Crippen LogP contribution in [0.2, 0.25) is 0 Å². The summed E-state index contributed by atoms with van der Waals surface area (Å²) in [5, 5.41) is 41.7. The number of esters is 1. The largest absolute Gasteiger partial charge is 0.464 e. The molecule has 0 aliphatic rings. The number of carbonyl (C=O) groups is 2. The minimum absolute atomic E-state index is 0.178. The lowest BCUT2D eigenvalue weighted by molar-refractivity contribution is -0.148. The summed E-state index contributed by atoms with van der Waals surface area (Å²) < 4.78 is 5.82. The third-order valence-electron chi connectivity index (χ3n) is 13.1. The van der Waals surface area contributed by atoms with Crippen molar-refractivity contribution in [3.8, 4) is 0 Å². The van der Waals surface area contributed by atoms with Crippen LogP contribution >= 0.6 is 0 Å². The van der Waals surface area contributed by atoms with Crippen molar-refractivity contribution < 1.29 is 29.6 Å². The Morgan fingerprint density at radius 3 is 1.60 bits per heavy atom. The number of unbranched alkanes of at least 4 members (excludes halogenated alkanes) is 20. The van der Waals surface area contributed by atoms with Crippen molar-refractivity contribution in [2.45, 2.75) is 265 Å². The van der Waals surface area contributed by atoms with Crippen molar-refractivity contribution in [2.75, 3.05) is 59.5 Å². The Morgan fingerprint density at radius 2 is 1.07 bits per heavy atom. The van der Waals surface area contributed by atoms with Crippen LogP contribution in [0.5, 0.6) is 0 Å². The molecule has 402 valence electrons. The summed E-state index contributed by atoms with van der Waals surface area (Å²) in [5.74, 6) is -0.0417. The normalized spacial score (nSPS) is 14.1. The van der Waals surface area contributed by atoms with Crippen LogP contribution in [-0.4, -0.2) is 127 Å². The van der Waals surface area contributed by atoms with Gasteiger partial charge in [-0.05, 0) is 89.8 Å². The molecule has 68 heavy (non-hydrogen) atoms. The molecule has 12 heteroatoms. The fourth-order valence-corrected chi connectivity index (χ4v) is 8.96. The van der Waals surface area contributed by atoms with E-state index in [0.717, 1.165) is 84.0 Å². The molecule has 0 aliphatic heterocycles. The first kappa shape index (κ1) is 65.9. The van der Waals surface area contributed by atoms with Crippen LogP contribution in [0.1, 0.15) is 240 Å². The molecule has 6 N–H and O–H groups in total. The van der Waals surface area contributed by atoms with Crippen molar-refractivity contribution >= 4 is 18.2 Å². The van der Waals surface area contributed by atoms with E-state index in [1.54, 1.807) is 13.4 Å². The van der Waals surface area contributed by atoms with Gasteiger partial charge in [-0.2, -0.15) is 0 Å². The highest BCUT2D eigenvalue weighted by atomic mass is 16.5. The minimum atomic E-state index is -0.786. The van der Waals surface area contributed by atoms with Gasteiger partial charge in [0.1, 0.15) is 12.3 Å². The number of aliphatic imine (C=N–C) groups is 1. The first-order valence-corrected chi connectivity index (χ1v) is 28.5. The van der Waals surface area contributed by atoms with Gasteiger partial charge in [0.25, 0.3) is 0 Å². The summed E-state index contributed by atoms with van der Waals surface area (Å²) >= 11 is 0. The van der Waals surface area contributed by atoms with Gasteiger partial charge >= 0.3 is 5.97 Å². The van der Waals surface area contributed by atoms with Crippen molar-refractivity contribution in [1.29, 1.82) is 0 Å². The molecular formula is C56H112N6O6. The number of amides is 1. The lowest BCUT2D eigenvalue weighted by Crippen LogP contribution is -2.44. The number of rotatable bonds is 52. The molecule has 0 saturated carbocycles. The smallest absolute Gasteiger partial charge is 0.328 e. The van der Waals surface area contributed by atoms with Gasteiger partial charge in [-0.3, -0.25) is 20.0 Å². The molecule has 0 aromatic heterocycles. The predicted octanol–water partition coefficient (Wildman–Crippen LogP) is 11.2. The van der Waals surface area contributed by atoms with Gasteiger partial charge in [0, 0.05) is 45.3 Å². The van der Waals surface area contributed by atoms with E-state index in [0.29, 0.717) is 63.4 Å². The van der Waals surface area contributed by atoms with Crippen LogP contribution in [0.3, 0.4) is 0 Å². The van der Waals surface area contributed by atoms with Gasteiger partial charge in [-0.25, -0.2) is 4.79 Å². The van der Waals surface area contributed by atoms with Gasteiger partial charge in [-0.1, -0.05) is 176 Å². The molecule has 5 atom stereocenters. The molecule has 5 unspecified atom stereocenters. The summed E-state index contributed by atoms with van der Waals surface area (Å²) in [6.45, 7) is 20.4. The monoisotopic (exact) mass is 965 g/mol. The van der Waals surface area contributed by atoms with Crippen molar-refractivity contribution in [3.05, 3.63) is 12.3 Å². The summed E-state index contributed by atoms with van der Waals surface area (Å²) in [6.07, 6.45) is 33.9. The number of aliphatic hydroxyl groups is 3. The number of ether oxygens (including phenoxy) is 1. The SMILES string of the molecule is C=C(CCC(NC(=O)CCCCCN(CC(O)CCCCCCCC)CC(O)NCCC)C(=O)OCCCCN(CC(C)CCCCCCCCC)CC(O)CCCCCCCCC)NC=NC. The van der Waals surface area contributed by atoms with Crippen LogP contribution < -0.4 is 16.0 Å². The molecule has 1 amide bonds. The Kier molecular flexibility index (Phi) is 47.0. The Bertz CT molecular complexity index is 1150. The molecule has 0 radical (unpaired) electrons. The average molecular weight is 966 g/mol. The predicted molar refractivity (Wildman–Crippen MR) is 288 cm³/mol. The highest BCUT2D eigenvalue weighted by Gasteiger charge is 2.23. The zero-order valence-electron chi connectivity index (χ0n) is 45.4. The maximum absolute atomic E-state index is 13.5. The number of hydrogen-bond donors (Lipinski definition) is 6. The van der Waals surface area contributed by atoms with Crippen LogP contribution in [-0.2, 0) is 14.3 Å². The maximum Gasteiger partial charge on any atom is 0.328 e. The maximum atomic E-state index is 13.5. The topological polar surface area (TPSA) is 159 Å². The standard InChI is InChI=1S/C56H112N6O6/c1-8-12-15-18-21-23-27-34-49(5)44-61(45-51(63)35-29-25-22-19-16-13-9-2)42-32-33-43-68-56(67)53(39-38-50(6)59-48-57-7)60-54(65)37-30-26-31-41-62(47-55(66)58-40-11-4)46-52(64)36-28-24-20-17-14-10-3/h48-49,51-53,55,58,63-64,66H,6,8-47H2,1-5,7H3,(H,57,59)(H,60,65). The molecule has 12 nitrogen and oxygen atoms in total. The number of aliphatic hydroxyl groups excluding tert-OH is 3. The van der Waals surface area contributed by atoms with E-state index in [-0.39, 0.29) is 18.6 Å². The third-order valence-corrected chi connectivity index (χ3v) is 13.1. The fraction of sp³-hybridized carbons (Fsp3) is 0.911. The molecule has 0 saturated heterocycles.